The monoisotopic (exact) mass is 566 g/mol. The van der Waals surface area contributed by atoms with E-state index in [1.807, 2.05) is 0 Å². The summed E-state index contributed by atoms with van der Waals surface area (Å²) in [6.07, 6.45) is 0. The fourth-order valence-corrected chi connectivity index (χ4v) is 5.15. The number of fused-ring (bicyclic) bond motifs is 1. The lowest BCUT2D eigenvalue weighted by Crippen LogP contribution is -2.19. The summed E-state index contributed by atoms with van der Waals surface area (Å²) in [5, 5.41) is 2.04. The Morgan fingerprint density at radius 3 is 2.35 bits per heavy atom. The van der Waals surface area contributed by atoms with Gasteiger partial charge >= 0.3 is 0 Å². The third-order valence-electron chi connectivity index (χ3n) is 6.37. The molecule has 0 atom stereocenters. The number of para-hydroxylation sites is 1. The molecule has 5 rings (SSSR count). The number of amides is 2. The molecule has 4 aromatic rings. The predicted octanol–water partition coefficient (Wildman–Crippen LogP) is 5.79. The van der Waals surface area contributed by atoms with E-state index in [0.29, 0.717) is 22.0 Å². The van der Waals surface area contributed by atoms with Crippen molar-refractivity contribution in [2.75, 3.05) is 13.2 Å². The Labute approximate surface area is 230 Å². The molecule has 0 radical (unpaired) electrons. The first-order valence-corrected chi connectivity index (χ1v) is 12.8. The van der Waals surface area contributed by atoms with Crippen molar-refractivity contribution in [2.45, 2.75) is 6.92 Å². The lowest BCUT2D eigenvalue weighted by molar-refractivity contribution is -0.115. The molecule has 0 bridgehead atoms. The number of ether oxygens (including phenoxy) is 2. The molecule has 204 valence electrons. The summed E-state index contributed by atoms with van der Waals surface area (Å²) in [4.78, 5) is 36.9. The van der Waals surface area contributed by atoms with Crippen LogP contribution in [0.3, 0.4) is 0 Å². The molecule has 7 nitrogen and oxygen atoms in total. The molecule has 0 saturated carbocycles. The fraction of sp³-hybridized carbons (Fsp3) is 0.138. The molecule has 1 aliphatic heterocycles. The van der Waals surface area contributed by atoms with Crippen LogP contribution in [0.25, 0.3) is 27.7 Å². The number of aromatic nitrogens is 1. The Hall–Kier alpha value is -4.51. The molecular formula is C29H21F3N2O5S. The highest BCUT2D eigenvalue weighted by atomic mass is 32.2. The molecule has 11 heteroatoms. The number of halogens is 3. The summed E-state index contributed by atoms with van der Waals surface area (Å²) in [5.41, 5.74) is 1.46. The van der Waals surface area contributed by atoms with E-state index >= 15 is 0 Å². The zero-order valence-electron chi connectivity index (χ0n) is 21.2. The van der Waals surface area contributed by atoms with Crippen molar-refractivity contribution in [3.05, 3.63) is 98.8 Å². The van der Waals surface area contributed by atoms with Crippen LogP contribution < -0.4 is 20.2 Å². The fourth-order valence-electron chi connectivity index (χ4n) is 4.40. The van der Waals surface area contributed by atoms with Crippen molar-refractivity contribution in [1.29, 1.82) is 0 Å². The van der Waals surface area contributed by atoms with Gasteiger partial charge in [0.05, 0.1) is 16.1 Å². The van der Waals surface area contributed by atoms with Crippen LogP contribution in [-0.2, 0) is 11.8 Å². The van der Waals surface area contributed by atoms with Crippen LogP contribution in [0.1, 0.15) is 12.5 Å². The van der Waals surface area contributed by atoms with Crippen LogP contribution in [0.5, 0.6) is 11.5 Å². The lowest BCUT2D eigenvalue weighted by atomic mass is 10.1. The minimum atomic E-state index is -1.07. The molecule has 1 saturated heterocycles. The van der Waals surface area contributed by atoms with Gasteiger partial charge < -0.3 is 14.0 Å². The van der Waals surface area contributed by atoms with Crippen molar-refractivity contribution in [1.82, 2.24) is 9.88 Å². The summed E-state index contributed by atoms with van der Waals surface area (Å²) in [7, 11) is 1.68. The normalized spacial score (nSPS) is 14.4. The number of imide groups is 1. The minimum Gasteiger partial charge on any atom is -0.487 e. The highest BCUT2D eigenvalue weighted by molar-refractivity contribution is 8.18. The van der Waals surface area contributed by atoms with Gasteiger partial charge in [-0.15, -0.1) is 0 Å². The number of aryl methyl sites for hydroxylation is 1. The second-order valence-corrected chi connectivity index (χ2v) is 9.83. The zero-order chi connectivity index (χ0) is 28.6. The number of benzene rings is 3. The smallest absolute Gasteiger partial charge is 0.290 e. The minimum absolute atomic E-state index is 0.0861. The highest BCUT2D eigenvalue weighted by Crippen LogP contribution is 2.33. The van der Waals surface area contributed by atoms with Crippen LogP contribution in [0.15, 0.2) is 70.4 Å². The van der Waals surface area contributed by atoms with E-state index in [4.69, 9.17) is 9.47 Å². The first-order chi connectivity index (χ1) is 19.2. The average Bonchev–Trinajstić information content (AvgIpc) is 3.28. The molecule has 0 aliphatic carbocycles. The number of carbonyl (C=O) groups is 2. The summed E-state index contributed by atoms with van der Waals surface area (Å²) in [6.45, 7) is 1.31. The average molecular weight is 567 g/mol. The van der Waals surface area contributed by atoms with E-state index in [1.165, 1.54) is 18.2 Å². The van der Waals surface area contributed by atoms with Gasteiger partial charge in [0, 0.05) is 18.0 Å². The number of pyridine rings is 1. The first-order valence-electron chi connectivity index (χ1n) is 12.0. The molecule has 3 aromatic carbocycles. The SMILES string of the molecule is CC(=C1SC(=O)NC1=O)c1ccc(OCCOc2c(-c3ccc(F)c(F)c3)n(C)c3ccccc3c2=O)c(F)c1. The Morgan fingerprint density at radius 1 is 0.900 bits per heavy atom. The van der Waals surface area contributed by atoms with E-state index in [2.05, 4.69) is 5.32 Å². The molecule has 1 N–H and O–H groups in total. The third-order valence-corrected chi connectivity index (χ3v) is 7.35. The van der Waals surface area contributed by atoms with Crippen LogP contribution in [0.4, 0.5) is 18.0 Å². The van der Waals surface area contributed by atoms with Crippen LogP contribution in [0, 0.1) is 17.5 Å². The zero-order valence-corrected chi connectivity index (χ0v) is 22.0. The highest BCUT2D eigenvalue weighted by Gasteiger charge is 2.28. The van der Waals surface area contributed by atoms with Crippen molar-refractivity contribution in [2.24, 2.45) is 7.05 Å². The molecule has 2 amide bonds. The summed E-state index contributed by atoms with van der Waals surface area (Å²) in [5.74, 6) is -3.50. The maximum absolute atomic E-state index is 14.8. The predicted molar refractivity (Wildman–Crippen MR) is 146 cm³/mol. The summed E-state index contributed by atoms with van der Waals surface area (Å²) < 4.78 is 55.5. The Morgan fingerprint density at radius 2 is 1.65 bits per heavy atom. The Kier molecular flexibility index (Phi) is 7.40. The number of rotatable bonds is 7. The standard InChI is InChI=1S/C29H21F3N2O5S/c1-15(27-28(36)33-29(37)40-27)16-8-10-23(21(32)13-16)38-11-12-39-26-24(17-7-9-19(30)20(31)14-17)34(2)22-6-4-3-5-18(22)25(26)35/h3-10,13-14H,11-12H2,1-2H3,(H,33,36,37). The van der Waals surface area contributed by atoms with Gasteiger partial charge in [0.1, 0.15) is 13.2 Å². The van der Waals surface area contributed by atoms with Crippen LogP contribution in [0.2, 0.25) is 0 Å². The summed E-state index contributed by atoms with van der Waals surface area (Å²) >= 11 is 0.748. The Balaban J connectivity index is 1.37. The van der Waals surface area contributed by atoms with Gasteiger partial charge in [0.2, 0.25) is 5.43 Å². The third kappa shape index (κ3) is 5.07. The van der Waals surface area contributed by atoms with Crippen molar-refractivity contribution in [3.63, 3.8) is 0 Å². The molecule has 0 unspecified atom stereocenters. The quantitative estimate of drug-likeness (QED) is 0.225. The van der Waals surface area contributed by atoms with Gasteiger partial charge in [-0.25, -0.2) is 13.2 Å². The lowest BCUT2D eigenvalue weighted by Gasteiger charge is -2.18. The number of nitrogens with zero attached hydrogens (tertiary/aromatic N) is 1. The van der Waals surface area contributed by atoms with E-state index in [-0.39, 0.29) is 40.9 Å². The number of hydrogen-bond donors (Lipinski definition) is 1. The number of carbonyl (C=O) groups excluding carboxylic acids is 2. The molecular weight excluding hydrogens is 545 g/mol. The van der Waals surface area contributed by atoms with Gasteiger partial charge in [0.25, 0.3) is 11.1 Å². The van der Waals surface area contributed by atoms with Crippen molar-refractivity contribution >= 4 is 39.4 Å². The number of thioether (sulfide) groups is 1. The van der Waals surface area contributed by atoms with E-state index in [0.717, 1.165) is 23.9 Å². The number of allylic oxidation sites excluding steroid dienone is 1. The Bertz CT molecular complexity index is 1780. The molecule has 1 fully saturated rings. The molecule has 2 heterocycles. The van der Waals surface area contributed by atoms with Crippen molar-refractivity contribution < 1.29 is 32.2 Å². The van der Waals surface area contributed by atoms with Crippen LogP contribution in [-0.4, -0.2) is 28.9 Å². The molecule has 40 heavy (non-hydrogen) atoms. The largest absolute Gasteiger partial charge is 0.487 e. The van der Waals surface area contributed by atoms with E-state index in [9.17, 15) is 27.6 Å². The van der Waals surface area contributed by atoms with Gasteiger partial charge in [0.15, 0.2) is 29.0 Å². The summed E-state index contributed by atoms with van der Waals surface area (Å²) in [6, 6.07) is 14.3. The topological polar surface area (TPSA) is 86.6 Å². The van der Waals surface area contributed by atoms with Gasteiger partial charge in [-0.1, -0.05) is 18.2 Å². The van der Waals surface area contributed by atoms with E-state index in [1.54, 1.807) is 48.9 Å². The molecule has 1 aliphatic rings. The van der Waals surface area contributed by atoms with Gasteiger partial charge in [-0.2, -0.15) is 0 Å². The maximum Gasteiger partial charge on any atom is 0.290 e. The maximum atomic E-state index is 14.8. The first kappa shape index (κ1) is 27.1. The van der Waals surface area contributed by atoms with Crippen molar-refractivity contribution in [3.8, 4) is 22.8 Å². The van der Waals surface area contributed by atoms with Crippen LogP contribution >= 0.6 is 11.8 Å². The molecule has 0 spiro atoms. The second kappa shape index (κ2) is 10.9. The number of nitrogens with one attached hydrogen (secondary N) is 1. The van der Waals surface area contributed by atoms with Gasteiger partial charge in [-0.05, 0) is 72.3 Å². The number of hydrogen-bond acceptors (Lipinski definition) is 6. The van der Waals surface area contributed by atoms with Gasteiger partial charge in [-0.3, -0.25) is 19.7 Å². The second-order valence-electron chi connectivity index (χ2n) is 8.85. The van der Waals surface area contributed by atoms with E-state index < -0.39 is 34.0 Å². The molecule has 1 aromatic heterocycles.